The highest BCUT2D eigenvalue weighted by molar-refractivity contribution is 5.72. The molecule has 0 saturated carbocycles. The predicted molar refractivity (Wildman–Crippen MR) is 124 cm³/mol. The van der Waals surface area contributed by atoms with Crippen LogP contribution in [0.2, 0.25) is 0 Å². The highest BCUT2D eigenvalue weighted by Crippen LogP contribution is 2.23. The maximum absolute atomic E-state index is 12.1. The van der Waals surface area contributed by atoms with Gasteiger partial charge in [-0.2, -0.15) is 0 Å². The maximum Gasteiger partial charge on any atom is 0.573 e. The number of unbranched alkanes of at least 4 members (excludes halogenated alkanes) is 10. The fraction of sp³-hybridized carbons (Fsp3) is 0.692. The number of carbonyl (C=O) groups is 2. The number of alkyl halides is 3. The number of carbonyl (C=O) groups excluding carboxylic acids is 2. The van der Waals surface area contributed by atoms with Crippen LogP contribution >= 0.6 is 0 Å². The van der Waals surface area contributed by atoms with E-state index in [-0.39, 0.29) is 31.2 Å². The Kier molecular flexibility index (Phi) is 15.9. The number of hydrogen-bond acceptors (Lipinski definition) is 5. The van der Waals surface area contributed by atoms with Crippen LogP contribution in [0.4, 0.5) is 13.2 Å². The van der Waals surface area contributed by atoms with Crippen molar-refractivity contribution in [3.05, 3.63) is 29.8 Å². The summed E-state index contributed by atoms with van der Waals surface area (Å²) < 4.78 is 50.5. The maximum atomic E-state index is 12.1. The highest BCUT2D eigenvalue weighted by atomic mass is 19.4. The quantitative estimate of drug-likeness (QED) is 0.148. The minimum atomic E-state index is -4.75. The van der Waals surface area contributed by atoms with Crippen molar-refractivity contribution in [2.24, 2.45) is 0 Å². The van der Waals surface area contributed by atoms with Crippen LogP contribution < -0.4 is 4.74 Å². The molecule has 0 unspecified atom stereocenters. The number of benzene rings is 1. The lowest BCUT2D eigenvalue weighted by atomic mass is 10.1. The Hall–Kier alpha value is -2.25. The predicted octanol–water partition coefficient (Wildman–Crippen LogP) is 7.65. The molecule has 0 heterocycles. The molecule has 0 fully saturated rings. The van der Waals surface area contributed by atoms with Crippen LogP contribution in [-0.4, -0.2) is 24.9 Å². The molecule has 0 amide bonds. The van der Waals surface area contributed by atoms with Crippen LogP contribution in [0.5, 0.6) is 5.75 Å². The molecule has 0 N–H and O–H groups in total. The highest BCUT2D eigenvalue weighted by Gasteiger charge is 2.30. The zero-order chi connectivity index (χ0) is 25.1. The lowest BCUT2D eigenvalue weighted by Gasteiger charge is -2.09. The van der Waals surface area contributed by atoms with E-state index in [1.54, 1.807) is 0 Å². The van der Waals surface area contributed by atoms with Crippen molar-refractivity contribution in [1.29, 1.82) is 0 Å². The van der Waals surface area contributed by atoms with Crippen LogP contribution in [0.1, 0.15) is 102 Å². The molecule has 0 bridgehead atoms. The van der Waals surface area contributed by atoms with Crippen LogP contribution in [0, 0.1) is 0 Å². The molecule has 5 nitrogen and oxygen atoms in total. The summed E-state index contributed by atoms with van der Waals surface area (Å²) in [6, 6.07) is 5.09. The summed E-state index contributed by atoms with van der Waals surface area (Å²) in [6.07, 6.45) is 9.35. The van der Waals surface area contributed by atoms with Crippen LogP contribution in [0.25, 0.3) is 0 Å². The number of halogens is 3. The molecular formula is C26H39F3O5. The molecule has 34 heavy (non-hydrogen) atoms. The first kappa shape index (κ1) is 29.8. The van der Waals surface area contributed by atoms with E-state index < -0.39 is 12.3 Å². The van der Waals surface area contributed by atoms with Gasteiger partial charge in [-0.1, -0.05) is 83.3 Å². The number of rotatable bonds is 19. The monoisotopic (exact) mass is 488 g/mol. The van der Waals surface area contributed by atoms with E-state index in [1.165, 1.54) is 63.5 Å². The van der Waals surface area contributed by atoms with Gasteiger partial charge in [0.25, 0.3) is 0 Å². The summed E-state index contributed by atoms with van der Waals surface area (Å²) >= 11 is 0. The Morgan fingerprint density at radius 3 is 1.74 bits per heavy atom. The Balaban J connectivity index is 1.97. The first-order valence-corrected chi connectivity index (χ1v) is 12.5. The molecule has 1 rings (SSSR count). The second kappa shape index (κ2) is 18.1. The van der Waals surface area contributed by atoms with E-state index in [2.05, 4.69) is 11.7 Å². The normalized spacial score (nSPS) is 11.3. The van der Waals surface area contributed by atoms with Gasteiger partial charge in [0.2, 0.25) is 0 Å². The van der Waals surface area contributed by atoms with Crippen LogP contribution in [0.15, 0.2) is 24.3 Å². The second-order valence-corrected chi connectivity index (χ2v) is 8.46. The Morgan fingerprint density at radius 2 is 1.21 bits per heavy atom. The third-order valence-corrected chi connectivity index (χ3v) is 5.33. The van der Waals surface area contributed by atoms with E-state index in [9.17, 15) is 22.8 Å². The summed E-state index contributed by atoms with van der Waals surface area (Å²) in [5, 5.41) is 0. The number of esters is 2. The van der Waals surface area contributed by atoms with Gasteiger partial charge in [0.05, 0.1) is 6.61 Å². The Bertz CT molecular complexity index is 674. The van der Waals surface area contributed by atoms with Gasteiger partial charge in [-0.3, -0.25) is 9.59 Å². The van der Waals surface area contributed by atoms with Gasteiger partial charge < -0.3 is 14.2 Å². The summed E-state index contributed by atoms with van der Waals surface area (Å²) in [4.78, 5) is 23.5. The van der Waals surface area contributed by atoms with Crippen LogP contribution in [0.3, 0.4) is 0 Å². The third-order valence-electron chi connectivity index (χ3n) is 5.33. The zero-order valence-electron chi connectivity index (χ0n) is 20.3. The van der Waals surface area contributed by atoms with Crippen molar-refractivity contribution in [2.75, 3.05) is 6.61 Å². The molecule has 0 aromatic heterocycles. The number of hydrogen-bond donors (Lipinski definition) is 0. The van der Waals surface area contributed by atoms with E-state index in [0.717, 1.165) is 31.4 Å². The van der Waals surface area contributed by atoms with Crippen molar-refractivity contribution in [2.45, 2.75) is 110 Å². The number of ether oxygens (including phenoxy) is 3. The molecule has 0 spiro atoms. The van der Waals surface area contributed by atoms with Gasteiger partial charge in [0.1, 0.15) is 12.4 Å². The molecule has 0 aliphatic heterocycles. The lowest BCUT2D eigenvalue weighted by Crippen LogP contribution is -2.17. The van der Waals surface area contributed by atoms with Crippen molar-refractivity contribution in [3.8, 4) is 5.75 Å². The molecule has 8 heteroatoms. The molecule has 0 atom stereocenters. The van der Waals surface area contributed by atoms with E-state index in [0.29, 0.717) is 18.6 Å². The van der Waals surface area contributed by atoms with Gasteiger partial charge in [0, 0.05) is 12.8 Å². The molecular weight excluding hydrogens is 449 g/mol. The van der Waals surface area contributed by atoms with Gasteiger partial charge in [-0.05, 0) is 30.5 Å². The van der Waals surface area contributed by atoms with E-state index >= 15 is 0 Å². The summed E-state index contributed by atoms with van der Waals surface area (Å²) in [5.74, 6) is -1.14. The minimum Gasteiger partial charge on any atom is -0.466 e. The largest absolute Gasteiger partial charge is 0.573 e. The van der Waals surface area contributed by atoms with Crippen molar-refractivity contribution in [3.63, 3.8) is 0 Å². The second-order valence-electron chi connectivity index (χ2n) is 8.46. The molecule has 0 aliphatic carbocycles. The summed E-state index contributed by atoms with van der Waals surface area (Å²) in [6.45, 7) is 2.58. The molecule has 0 radical (unpaired) electrons. The molecule has 0 saturated heterocycles. The smallest absolute Gasteiger partial charge is 0.466 e. The average molecular weight is 489 g/mol. The lowest BCUT2D eigenvalue weighted by molar-refractivity contribution is -0.274. The molecule has 0 aliphatic rings. The first-order chi connectivity index (χ1) is 16.3. The van der Waals surface area contributed by atoms with Gasteiger partial charge >= 0.3 is 18.3 Å². The zero-order valence-corrected chi connectivity index (χ0v) is 20.3. The van der Waals surface area contributed by atoms with Crippen molar-refractivity contribution >= 4 is 11.9 Å². The third kappa shape index (κ3) is 17.3. The van der Waals surface area contributed by atoms with Gasteiger partial charge in [-0.25, -0.2) is 0 Å². The Morgan fingerprint density at radius 1 is 0.706 bits per heavy atom. The molecule has 1 aromatic rings. The van der Waals surface area contributed by atoms with Crippen molar-refractivity contribution < 1.29 is 37.0 Å². The summed E-state index contributed by atoms with van der Waals surface area (Å²) in [5.41, 5.74) is 0.536. The molecule has 1 aromatic carbocycles. The standard InChI is InChI=1S/C26H39F3O5/c1-2-3-4-5-6-7-8-9-10-11-12-20-32-24(30)14-13-15-25(31)33-21-22-16-18-23(19-17-22)34-26(27,28)29/h16-19H,2-15,20-21H2,1H3. The van der Waals surface area contributed by atoms with Crippen molar-refractivity contribution in [1.82, 2.24) is 0 Å². The Labute approximate surface area is 201 Å². The fourth-order valence-corrected chi connectivity index (χ4v) is 3.42. The topological polar surface area (TPSA) is 61.8 Å². The van der Waals surface area contributed by atoms with Gasteiger partial charge in [0.15, 0.2) is 0 Å². The first-order valence-electron chi connectivity index (χ1n) is 12.5. The SMILES string of the molecule is CCCCCCCCCCCCCOC(=O)CCCC(=O)OCc1ccc(OC(F)(F)F)cc1. The van der Waals surface area contributed by atoms with E-state index in [4.69, 9.17) is 9.47 Å². The fourth-order valence-electron chi connectivity index (χ4n) is 3.42. The van der Waals surface area contributed by atoms with E-state index in [1.807, 2.05) is 0 Å². The molecule has 194 valence electrons. The summed E-state index contributed by atoms with van der Waals surface area (Å²) in [7, 11) is 0. The average Bonchev–Trinajstić information content (AvgIpc) is 2.78. The van der Waals surface area contributed by atoms with Gasteiger partial charge in [-0.15, -0.1) is 13.2 Å². The van der Waals surface area contributed by atoms with Crippen LogP contribution in [-0.2, 0) is 25.7 Å². The minimum absolute atomic E-state index is 0.0611.